The Bertz CT molecular complexity index is 972. The molecule has 10 nitrogen and oxygen atoms in total. The van der Waals surface area contributed by atoms with Crippen molar-refractivity contribution in [3.05, 3.63) is 35.9 Å². The van der Waals surface area contributed by atoms with E-state index in [0.29, 0.717) is 32.2 Å². The molecule has 0 saturated carbocycles. The predicted octanol–water partition coefficient (Wildman–Crippen LogP) is 3.04. The van der Waals surface area contributed by atoms with E-state index in [0.717, 1.165) is 64.2 Å². The summed E-state index contributed by atoms with van der Waals surface area (Å²) in [7, 11) is 0. The highest BCUT2D eigenvalue weighted by atomic mass is 16.6. The fourth-order valence-electron chi connectivity index (χ4n) is 5.45. The van der Waals surface area contributed by atoms with E-state index >= 15 is 0 Å². The van der Waals surface area contributed by atoms with Crippen LogP contribution in [-0.4, -0.2) is 127 Å². The maximum atomic E-state index is 12.6. The van der Waals surface area contributed by atoms with Gasteiger partial charge in [-0.05, 0) is 79.0 Å². The van der Waals surface area contributed by atoms with Gasteiger partial charge in [0.2, 0.25) is 0 Å². The Hall–Kier alpha value is -2.53. The fraction of sp³-hybridized carbons (Fsp3) is 0.727. The Balaban J connectivity index is 1.51. The Morgan fingerprint density at radius 3 is 1.51 bits per heavy atom. The number of nitrogens with zero attached hydrogens (tertiary/aromatic N) is 4. The summed E-state index contributed by atoms with van der Waals surface area (Å²) < 4.78 is 16.7. The summed E-state index contributed by atoms with van der Waals surface area (Å²) in [5.74, 6) is -0.119. The summed E-state index contributed by atoms with van der Waals surface area (Å²) >= 11 is 0. The molecule has 1 aromatic carbocycles. The van der Waals surface area contributed by atoms with E-state index < -0.39 is 11.2 Å². The molecule has 0 atom stereocenters. The van der Waals surface area contributed by atoms with Gasteiger partial charge >= 0.3 is 17.9 Å². The molecule has 2 aliphatic heterocycles. The van der Waals surface area contributed by atoms with Crippen molar-refractivity contribution in [2.75, 3.05) is 78.5 Å². The van der Waals surface area contributed by atoms with E-state index in [-0.39, 0.29) is 31.0 Å². The molecule has 2 saturated heterocycles. The summed E-state index contributed by atoms with van der Waals surface area (Å²) in [6.45, 7) is 19.6. The molecule has 0 bridgehead atoms. The smallest absolute Gasteiger partial charge is 0.320 e. The van der Waals surface area contributed by atoms with Gasteiger partial charge in [0, 0.05) is 45.8 Å². The molecule has 3 rings (SSSR count). The number of benzene rings is 1. The first-order valence-corrected chi connectivity index (χ1v) is 15.8. The first-order valence-electron chi connectivity index (χ1n) is 15.8. The van der Waals surface area contributed by atoms with Gasteiger partial charge in [-0.2, -0.15) is 0 Å². The van der Waals surface area contributed by atoms with Crippen molar-refractivity contribution < 1.29 is 28.6 Å². The van der Waals surface area contributed by atoms with Crippen LogP contribution in [0, 0.1) is 5.92 Å². The highest BCUT2D eigenvalue weighted by Gasteiger charge is 2.27. The summed E-state index contributed by atoms with van der Waals surface area (Å²) in [5, 5.41) is 0. The van der Waals surface area contributed by atoms with Crippen molar-refractivity contribution in [2.45, 2.75) is 72.2 Å². The molecule has 0 unspecified atom stereocenters. The molecule has 2 aliphatic rings. The highest BCUT2D eigenvalue weighted by molar-refractivity contribution is 5.72. The second-order valence-electron chi connectivity index (χ2n) is 13.9. The van der Waals surface area contributed by atoms with Crippen LogP contribution in [0.15, 0.2) is 30.3 Å². The van der Waals surface area contributed by atoms with Crippen LogP contribution in [0.25, 0.3) is 0 Å². The molecule has 242 valence electrons. The van der Waals surface area contributed by atoms with Gasteiger partial charge in [-0.3, -0.25) is 29.1 Å². The number of ether oxygens (including phenoxy) is 3. The molecule has 0 radical (unpaired) electrons. The SMILES string of the molecule is CC(C)(C)OC(=O)CN1CCN(CC(=O)OC(C)(C)C)CCN(CC2CCN(CC(=O)OCc3ccccc3)CC2)CC1. The predicted molar refractivity (Wildman–Crippen MR) is 166 cm³/mol. The molecule has 0 amide bonds. The van der Waals surface area contributed by atoms with Gasteiger partial charge in [0.25, 0.3) is 0 Å². The maximum Gasteiger partial charge on any atom is 0.320 e. The van der Waals surface area contributed by atoms with Crippen molar-refractivity contribution in [2.24, 2.45) is 5.92 Å². The van der Waals surface area contributed by atoms with Crippen molar-refractivity contribution >= 4 is 17.9 Å². The van der Waals surface area contributed by atoms with Crippen LogP contribution in [0.4, 0.5) is 0 Å². The van der Waals surface area contributed by atoms with Crippen molar-refractivity contribution in [1.82, 2.24) is 19.6 Å². The zero-order valence-corrected chi connectivity index (χ0v) is 27.3. The van der Waals surface area contributed by atoms with Crippen LogP contribution < -0.4 is 0 Å². The highest BCUT2D eigenvalue weighted by Crippen LogP contribution is 2.19. The molecule has 1 aromatic rings. The van der Waals surface area contributed by atoms with Gasteiger partial charge in [0.05, 0.1) is 19.6 Å². The Morgan fingerprint density at radius 2 is 1.05 bits per heavy atom. The van der Waals surface area contributed by atoms with Gasteiger partial charge in [-0.25, -0.2) is 0 Å². The lowest BCUT2D eigenvalue weighted by Crippen LogP contribution is -2.44. The number of piperidine rings is 1. The van der Waals surface area contributed by atoms with Gasteiger partial charge in [0.1, 0.15) is 17.8 Å². The van der Waals surface area contributed by atoms with Crippen LogP contribution in [0.2, 0.25) is 0 Å². The van der Waals surface area contributed by atoms with Gasteiger partial charge in [0.15, 0.2) is 0 Å². The largest absolute Gasteiger partial charge is 0.460 e. The minimum Gasteiger partial charge on any atom is -0.460 e. The normalized spacial score (nSPS) is 19.2. The summed E-state index contributed by atoms with van der Waals surface area (Å²) in [6.07, 6.45) is 2.04. The molecular formula is C33H54N4O6. The third-order valence-electron chi connectivity index (χ3n) is 7.56. The van der Waals surface area contributed by atoms with E-state index in [1.54, 1.807) is 0 Å². The van der Waals surface area contributed by atoms with Crippen molar-refractivity contribution in [1.29, 1.82) is 0 Å². The second-order valence-corrected chi connectivity index (χ2v) is 13.9. The topological polar surface area (TPSA) is 91.9 Å². The lowest BCUT2D eigenvalue weighted by Gasteiger charge is -2.35. The molecule has 10 heteroatoms. The van der Waals surface area contributed by atoms with Gasteiger partial charge < -0.3 is 19.1 Å². The summed E-state index contributed by atoms with van der Waals surface area (Å²) in [4.78, 5) is 46.6. The average molecular weight is 603 g/mol. The average Bonchev–Trinajstić information content (AvgIpc) is 2.99. The standard InChI is InChI=1S/C33H54N4O6/c1-32(2,3)42-30(39)24-36-18-16-35(17-19-37(21-20-36)25-31(40)43-33(4,5)6)22-27-12-14-34(15-13-27)23-29(38)41-26-28-10-8-7-9-11-28/h7-11,27H,12-26H2,1-6H3. The molecule has 0 spiro atoms. The zero-order chi connectivity index (χ0) is 31.5. The Labute approximate surface area is 258 Å². The van der Waals surface area contributed by atoms with Crippen LogP contribution in [0.3, 0.4) is 0 Å². The van der Waals surface area contributed by atoms with Gasteiger partial charge in [-0.1, -0.05) is 30.3 Å². The lowest BCUT2D eigenvalue weighted by atomic mass is 9.96. The molecule has 0 aromatic heterocycles. The first kappa shape index (κ1) is 35.0. The second kappa shape index (κ2) is 16.5. The fourth-order valence-corrected chi connectivity index (χ4v) is 5.45. The van der Waals surface area contributed by atoms with Crippen molar-refractivity contribution in [3.8, 4) is 0 Å². The number of esters is 3. The van der Waals surface area contributed by atoms with E-state index in [1.807, 2.05) is 71.9 Å². The van der Waals surface area contributed by atoms with Crippen LogP contribution >= 0.6 is 0 Å². The molecular weight excluding hydrogens is 548 g/mol. The van der Waals surface area contributed by atoms with Crippen LogP contribution in [0.1, 0.15) is 59.9 Å². The quantitative estimate of drug-likeness (QED) is 0.294. The lowest BCUT2D eigenvalue weighted by molar-refractivity contribution is -0.158. The molecule has 2 fully saturated rings. The zero-order valence-electron chi connectivity index (χ0n) is 27.3. The van der Waals surface area contributed by atoms with E-state index in [1.165, 1.54) is 0 Å². The number of likely N-dealkylation sites (tertiary alicyclic amines) is 1. The molecule has 0 N–H and O–H groups in total. The van der Waals surface area contributed by atoms with E-state index in [9.17, 15) is 14.4 Å². The van der Waals surface area contributed by atoms with E-state index in [4.69, 9.17) is 14.2 Å². The third-order valence-corrected chi connectivity index (χ3v) is 7.56. The van der Waals surface area contributed by atoms with Crippen LogP contribution in [0.5, 0.6) is 0 Å². The summed E-state index contributed by atoms with van der Waals surface area (Å²) in [5.41, 5.74) is -0.0641. The monoisotopic (exact) mass is 602 g/mol. The maximum absolute atomic E-state index is 12.6. The Kier molecular flexibility index (Phi) is 13.4. The third kappa shape index (κ3) is 14.7. The minimum absolute atomic E-state index is 0.183. The minimum atomic E-state index is -0.529. The van der Waals surface area contributed by atoms with Gasteiger partial charge in [-0.15, -0.1) is 0 Å². The molecule has 2 heterocycles. The molecule has 43 heavy (non-hydrogen) atoms. The van der Waals surface area contributed by atoms with E-state index in [2.05, 4.69) is 19.6 Å². The van der Waals surface area contributed by atoms with Crippen molar-refractivity contribution in [3.63, 3.8) is 0 Å². The number of carbonyl (C=O) groups is 3. The number of hydrogen-bond donors (Lipinski definition) is 0. The first-order chi connectivity index (χ1) is 20.2. The summed E-state index contributed by atoms with van der Waals surface area (Å²) in [6, 6.07) is 9.75. The molecule has 0 aliphatic carbocycles. The number of hydrogen-bond acceptors (Lipinski definition) is 10. The van der Waals surface area contributed by atoms with Crippen LogP contribution in [-0.2, 0) is 35.2 Å². The Morgan fingerprint density at radius 1 is 0.628 bits per heavy atom. The number of rotatable bonds is 10. The number of carbonyl (C=O) groups excluding carboxylic acids is 3.